The van der Waals surface area contributed by atoms with Crippen LogP contribution in [0.25, 0.3) is 0 Å². The Kier molecular flexibility index (Phi) is 4.49. The van der Waals surface area contributed by atoms with E-state index >= 15 is 0 Å². The van der Waals surface area contributed by atoms with Crippen LogP contribution in [0.5, 0.6) is 0 Å². The highest BCUT2D eigenvalue weighted by Gasteiger charge is 2.03. The molecule has 3 nitrogen and oxygen atoms in total. The molecule has 1 N–H and O–H groups in total. The van der Waals surface area contributed by atoms with Crippen molar-refractivity contribution in [1.82, 2.24) is 5.32 Å². The lowest BCUT2D eigenvalue weighted by Gasteiger charge is -2.02. The minimum absolute atomic E-state index is 0.0424. The third kappa shape index (κ3) is 4.74. The predicted molar refractivity (Wildman–Crippen MR) is 61.5 cm³/mol. The Balaban J connectivity index is 2.44. The van der Waals surface area contributed by atoms with Crippen molar-refractivity contribution in [2.45, 2.75) is 13.3 Å². The van der Waals surface area contributed by atoms with Gasteiger partial charge in [-0.3, -0.25) is 9.59 Å². The van der Waals surface area contributed by atoms with Crippen LogP contribution in [0.2, 0.25) is 0 Å². The Morgan fingerprint density at radius 2 is 1.87 bits per heavy atom. The van der Waals surface area contributed by atoms with Crippen molar-refractivity contribution in [3.63, 3.8) is 0 Å². The zero-order valence-corrected chi connectivity index (χ0v) is 10.0. The number of hydrogen-bond acceptors (Lipinski definition) is 2. The Hall–Kier alpha value is -1.16. The third-order valence-electron chi connectivity index (χ3n) is 1.81. The van der Waals surface area contributed by atoms with E-state index in [4.69, 9.17) is 0 Å². The van der Waals surface area contributed by atoms with Crippen LogP contribution in [0, 0.1) is 0 Å². The first kappa shape index (κ1) is 11.9. The topological polar surface area (TPSA) is 46.2 Å². The lowest BCUT2D eigenvalue weighted by Crippen LogP contribution is -2.29. The van der Waals surface area contributed by atoms with Gasteiger partial charge in [0, 0.05) is 4.47 Å². The lowest BCUT2D eigenvalue weighted by molar-refractivity contribution is -0.124. The Bertz CT molecular complexity index is 359. The van der Waals surface area contributed by atoms with Crippen LogP contribution in [-0.4, -0.2) is 18.2 Å². The zero-order chi connectivity index (χ0) is 11.3. The van der Waals surface area contributed by atoms with Gasteiger partial charge in [-0.2, -0.15) is 0 Å². The van der Waals surface area contributed by atoms with E-state index in [1.807, 2.05) is 24.3 Å². The third-order valence-corrected chi connectivity index (χ3v) is 2.34. The average molecular weight is 270 g/mol. The van der Waals surface area contributed by atoms with E-state index in [0.29, 0.717) is 6.42 Å². The molecule has 0 saturated heterocycles. The second kappa shape index (κ2) is 5.66. The van der Waals surface area contributed by atoms with E-state index < -0.39 is 0 Å². The first-order chi connectivity index (χ1) is 7.08. The van der Waals surface area contributed by atoms with Gasteiger partial charge in [0.1, 0.15) is 5.78 Å². The number of hydrogen-bond donors (Lipinski definition) is 1. The minimum atomic E-state index is -0.132. The van der Waals surface area contributed by atoms with Crippen molar-refractivity contribution < 1.29 is 9.59 Å². The molecule has 4 heteroatoms. The first-order valence-electron chi connectivity index (χ1n) is 4.58. The van der Waals surface area contributed by atoms with Crippen molar-refractivity contribution in [3.05, 3.63) is 34.3 Å². The summed E-state index contributed by atoms with van der Waals surface area (Å²) in [4.78, 5) is 22.0. The van der Waals surface area contributed by atoms with Crippen LogP contribution < -0.4 is 5.32 Å². The molecule has 0 aliphatic carbocycles. The fourth-order valence-electron chi connectivity index (χ4n) is 1.07. The number of benzene rings is 1. The molecule has 80 valence electrons. The summed E-state index contributed by atoms with van der Waals surface area (Å²) in [6, 6.07) is 7.51. The highest BCUT2D eigenvalue weighted by atomic mass is 79.9. The van der Waals surface area contributed by atoms with Crippen LogP contribution in [0.3, 0.4) is 0 Å². The minimum Gasteiger partial charge on any atom is -0.349 e. The van der Waals surface area contributed by atoms with Crippen molar-refractivity contribution in [3.8, 4) is 0 Å². The standard InChI is InChI=1S/C11H12BrNO2/c1-8(14)7-13-11(15)6-9-2-4-10(12)5-3-9/h2-5H,6-7H2,1H3,(H,13,15). The molecule has 1 amide bonds. The molecule has 0 saturated carbocycles. The molecule has 0 aliphatic heterocycles. The summed E-state index contributed by atoms with van der Waals surface area (Å²) in [6.07, 6.45) is 0.306. The molecular weight excluding hydrogens is 258 g/mol. The van der Waals surface area contributed by atoms with Crippen molar-refractivity contribution in [2.75, 3.05) is 6.54 Å². The fraction of sp³-hybridized carbons (Fsp3) is 0.273. The summed E-state index contributed by atoms with van der Waals surface area (Å²) in [5, 5.41) is 2.54. The summed E-state index contributed by atoms with van der Waals surface area (Å²) < 4.78 is 0.982. The Morgan fingerprint density at radius 1 is 1.27 bits per heavy atom. The molecule has 1 aromatic carbocycles. The number of carbonyl (C=O) groups excluding carboxylic acids is 2. The fourth-order valence-corrected chi connectivity index (χ4v) is 1.34. The van der Waals surface area contributed by atoms with Crippen LogP contribution in [-0.2, 0) is 16.0 Å². The van der Waals surface area contributed by atoms with Crippen LogP contribution >= 0.6 is 15.9 Å². The van der Waals surface area contributed by atoms with E-state index in [1.165, 1.54) is 6.92 Å². The predicted octanol–water partition coefficient (Wildman–Crippen LogP) is 1.70. The van der Waals surface area contributed by atoms with E-state index in [2.05, 4.69) is 21.2 Å². The quantitative estimate of drug-likeness (QED) is 0.905. The molecule has 0 fully saturated rings. The monoisotopic (exact) mass is 269 g/mol. The summed E-state index contributed by atoms with van der Waals surface area (Å²) in [5.74, 6) is -0.174. The summed E-state index contributed by atoms with van der Waals surface area (Å²) in [7, 11) is 0. The number of ketones is 1. The van der Waals surface area contributed by atoms with E-state index in [9.17, 15) is 9.59 Å². The summed E-state index contributed by atoms with van der Waals surface area (Å²) >= 11 is 3.32. The highest BCUT2D eigenvalue weighted by molar-refractivity contribution is 9.10. The number of rotatable bonds is 4. The van der Waals surface area contributed by atoms with E-state index in [1.54, 1.807) is 0 Å². The number of nitrogens with one attached hydrogen (secondary N) is 1. The van der Waals surface area contributed by atoms with Gasteiger partial charge in [-0.15, -0.1) is 0 Å². The zero-order valence-electron chi connectivity index (χ0n) is 8.42. The highest BCUT2D eigenvalue weighted by Crippen LogP contribution is 2.10. The Morgan fingerprint density at radius 3 is 2.40 bits per heavy atom. The maximum Gasteiger partial charge on any atom is 0.224 e. The molecule has 1 aromatic rings. The molecule has 0 unspecified atom stereocenters. The summed E-state index contributed by atoms with van der Waals surface area (Å²) in [6.45, 7) is 1.55. The number of Topliss-reactive ketones (excluding diaryl/α,β-unsaturated/α-hetero) is 1. The summed E-state index contributed by atoms with van der Waals surface area (Å²) in [5.41, 5.74) is 0.930. The molecule has 0 bridgehead atoms. The number of halogens is 1. The van der Waals surface area contributed by atoms with Crippen molar-refractivity contribution in [2.24, 2.45) is 0 Å². The van der Waals surface area contributed by atoms with Crippen LogP contribution in [0.4, 0.5) is 0 Å². The molecule has 0 aliphatic rings. The van der Waals surface area contributed by atoms with Gasteiger partial charge in [0.2, 0.25) is 5.91 Å². The molecule has 0 heterocycles. The van der Waals surface area contributed by atoms with Gasteiger partial charge in [0.05, 0.1) is 13.0 Å². The van der Waals surface area contributed by atoms with Gasteiger partial charge in [-0.25, -0.2) is 0 Å². The second-order valence-electron chi connectivity index (χ2n) is 3.28. The maximum atomic E-state index is 11.3. The Labute approximate surface area is 97.0 Å². The molecule has 1 rings (SSSR count). The largest absolute Gasteiger partial charge is 0.349 e. The van der Waals surface area contributed by atoms with Crippen molar-refractivity contribution >= 4 is 27.6 Å². The van der Waals surface area contributed by atoms with Gasteiger partial charge in [-0.05, 0) is 24.6 Å². The van der Waals surface area contributed by atoms with Crippen LogP contribution in [0.15, 0.2) is 28.7 Å². The normalized spacial score (nSPS) is 9.73. The van der Waals surface area contributed by atoms with E-state index in [0.717, 1.165) is 10.0 Å². The second-order valence-corrected chi connectivity index (χ2v) is 4.20. The molecule has 15 heavy (non-hydrogen) atoms. The van der Waals surface area contributed by atoms with Crippen molar-refractivity contribution in [1.29, 1.82) is 0 Å². The van der Waals surface area contributed by atoms with Crippen LogP contribution in [0.1, 0.15) is 12.5 Å². The first-order valence-corrected chi connectivity index (χ1v) is 5.38. The van der Waals surface area contributed by atoms with Gasteiger partial charge >= 0.3 is 0 Å². The number of amides is 1. The molecule has 0 aromatic heterocycles. The molecular formula is C11H12BrNO2. The van der Waals surface area contributed by atoms with Gasteiger partial charge in [0.25, 0.3) is 0 Å². The SMILES string of the molecule is CC(=O)CNC(=O)Cc1ccc(Br)cc1. The van der Waals surface area contributed by atoms with Gasteiger partial charge in [-0.1, -0.05) is 28.1 Å². The lowest BCUT2D eigenvalue weighted by atomic mass is 10.1. The van der Waals surface area contributed by atoms with Gasteiger partial charge in [0.15, 0.2) is 0 Å². The maximum absolute atomic E-state index is 11.3. The molecule has 0 radical (unpaired) electrons. The smallest absolute Gasteiger partial charge is 0.224 e. The van der Waals surface area contributed by atoms with Gasteiger partial charge < -0.3 is 5.32 Å². The number of carbonyl (C=O) groups is 2. The molecule has 0 spiro atoms. The molecule has 0 atom stereocenters. The van der Waals surface area contributed by atoms with E-state index in [-0.39, 0.29) is 18.2 Å². The average Bonchev–Trinajstić information content (AvgIpc) is 2.19.